The van der Waals surface area contributed by atoms with Crippen LogP contribution in [0.5, 0.6) is 5.75 Å². The van der Waals surface area contributed by atoms with Gasteiger partial charge in [0.2, 0.25) is 5.60 Å². The van der Waals surface area contributed by atoms with Gasteiger partial charge in [0.1, 0.15) is 5.75 Å². The summed E-state index contributed by atoms with van der Waals surface area (Å²) in [7, 11) is -1.81. The van der Waals surface area contributed by atoms with Crippen LogP contribution in [0.25, 0.3) is 5.53 Å². The van der Waals surface area contributed by atoms with Crippen molar-refractivity contribution in [1.29, 1.82) is 0 Å². The van der Waals surface area contributed by atoms with Crippen LogP contribution in [0.2, 0.25) is 18.1 Å². The molecule has 0 amide bonds. The molecule has 2 rings (SSSR count). The topological polar surface area (TPSA) is 71.9 Å². The van der Waals surface area contributed by atoms with E-state index in [-0.39, 0.29) is 16.5 Å². The Kier molecular flexibility index (Phi) is 5.98. The number of carbonyl (C=O) groups is 1. The number of fused-ring (bicyclic) bond motifs is 1. The first kappa shape index (κ1) is 21.0. The number of hydrogen-bond acceptors (Lipinski definition) is 3. The first-order valence-corrected chi connectivity index (χ1v) is 12.5. The summed E-state index contributed by atoms with van der Waals surface area (Å²) in [5.74, 6) is 0.210. The van der Waals surface area contributed by atoms with Crippen LogP contribution in [-0.4, -0.2) is 36.8 Å². The van der Waals surface area contributed by atoms with Crippen molar-refractivity contribution in [2.24, 2.45) is 0 Å². The Hall–Kier alpha value is -1.27. The third-order valence-corrected chi connectivity index (χ3v) is 10.4. The van der Waals surface area contributed by atoms with Crippen molar-refractivity contribution in [3.8, 4) is 5.75 Å². The van der Waals surface area contributed by atoms with Gasteiger partial charge in [0.05, 0.1) is 5.56 Å². The molecule has 0 saturated heterocycles. The number of halogens is 1. The molecule has 0 radical (unpaired) electrons. The third kappa shape index (κ3) is 4.17. The summed E-state index contributed by atoms with van der Waals surface area (Å²) < 4.78 is 13.0. The van der Waals surface area contributed by atoms with Gasteiger partial charge >= 0.3 is 5.71 Å². The Bertz CT molecular complexity index is 767. The fourth-order valence-electron chi connectivity index (χ4n) is 2.70. The second-order valence-electron chi connectivity index (χ2n) is 8.46. The number of ketones is 1. The number of ether oxygens (including phenoxy) is 1. The van der Waals surface area contributed by atoms with Gasteiger partial charge in [-0.15, -0.1) is 0 Å². The fraction of sp³-hybridized carbons (Fsp3) is 0.579. The molecule has 1 aromatic rings. The molecule has 0 bridgehead atoms. The van der Waals surface area contributed by atoms with E-state index < -0.39 is 13.9 Å². The smallest absolute Gasteiger partial charge is 0.382 e. The van der Waals surface area contributed by atoms with Gasteiger partial charge < -0.3 is 14.7 Å². The summed E-state index contributed by atoms with van der Waals surface area (Å²) >= 11 is 3.35. The number of hydrogen-bond donors (Lipinski definition) is 0. The van der Waals surface area contributed by atoms with E-state index in [1.54, 1.807) is 19.1 Å². The number of carbonyl (C=O) groups excluding carboxylic acids is 1. The second-order valence-corrected chi connectivity index (χ2v) is 14.2. The van der Waals surface area contributed by atoms with Gasteiger partial charge in [-0.25, -0.2) is 0 Å². The zero-order chi connectivity index (χ0) is 19.8. The summed E-state index contributed by atoms with van der Waals surface area (Å²) in [4.78, 5) is 16.0. The van der Waals surface area contributed by atoms with E-state index in [1.807, 2.05) is 6.07 Å². The molecule has 0 saturated carbocycles. The van der Waals surface area contributed by atoms with E-state index in [9.17, 15) is 10.3 Å². The van der Waals surface area contributed by atoms with Crippen molar-refractivity contribution in [3.63, 3.8) is 0 Å². The molecule has 0 aliphatic carbocycles. The molecule has 26 heavy (non-hydrogen) atoms. The first-order chi connectivity index (χ1) is 11.9. The maximum absolute atomic E-state index is 12.7. The Morgan fingerprint density at radius 3 is 2.58 bits per heavy atom. The maximum Gasteiger partial charge on any atom is 0.382 e. The second kappa shape index (κ2) is 7.39. The Balaban J connectivity index is 2.12. The molecule has 1 aliphatic rings. The van der Waals surface area contributed by atoms with Crippen LogP contribution in [0.15, 0.2) is 22.7 Å². The Labute approximate surface area is 165 Å². The van der Waals surface area contributed by atoms with Crippen molar-refractivity contribution in [1.82, 2.24) is 0 Å². The van der Waals surface area contributed by atoms with Gasteiger partial charge in [-0.05, 0) is 49.7 Å². The predicted molar refractivity (Wildman–Crippen MR) is 109 cm³/mol. The van der Waals surface area contributed by atoms with E-state index in [1.165, 1.54) is 0 Å². The van der Waals surface area contributed by atoms with Crippen molar-refractivity contribution < 1.29 is 18.7 Å². The van der Waals surface area contributed by atoms with Crippen molar-refractivity contribution >= 4 is 35.7 Å². The van der Waals surface area contributed by atoms with Crippen LogP contribution in [0.4, 0.5) is 0 Å². The minimum absolute atomic E-state index is 0.0374. The predicted octanol–water partition coefficient (Wildman–Crippen LogP) is 5.26. The quantitative estimate of drug-likeness (QED) is 0.272. The lowest BCUT2D eigenvalue weighted by atomic mass is 9.86. The largest absolute Gasteiger partial charge is 0.474 e. The molecule has 1 aromatic carbocycles. The molecule has 7 heteroatoms. The Morgan fingerprint density at radius 2 is 2.00 bits per heavy atom. The summed E-state index contributed by atoms with van der Waals surface area (Å²) in [6.07, 6.45) is 1.24. The number of rotatable bonds is 5. The van der Waals surface area contributed by atoms with Crippen molar-refractivity contribution in [2.75, 3.05) is 6.61 Å². The van der Waals surface area contributed by atoms with Crippen molar-refractivity contribution in [2.45, 2.75) is 64.3 Å². The molecule has 1 aliphatic heterocycles. The van der Waals surface area contributed by atoms with E-state index in [4.69, 9.17) is 9.16 Å². The molecular weight excluding hydrogens is 412 g/mol. The fourth-order valence-corrected chi connectivity index (χ4v) is 4.15. The van der Waals surface area contributed by atoms with Crippen LogP contribution in [0, 0.1) is 0 Å². The lowest BCUT2D eigenvalue weighted by Crippen LogP contribution is -2.50. The van der Waals surface area contributed by atoms with Crippen LogP contribution in [-0.2, 0) is 4.43 Å². The summed E-state index contributed by atoms with van der Waals surface area (Å²) in [5.41, 5.74) is 8.91. The highest BCUT2D eigenvalue weighted by molar-refractivity contribution is 9.10. The zero-order valence-electron chi connectivity index (χ0n) is 16.4. The lowest BCUT2D eigenvalue weighted by molar-refractivity contribution is -0.0354. The van der Waals surface area contributed by atoms with E-state index in [2.05, 4.69) is 54.6 Å². The number of benzene rings is 1. The molecule has 0 fully saturated rings. The van der Waals surface area contributed by atoms with Crippen molar-refractivity contribution in [3.05, 3.63) is 33.8 Å². The van der Waals surface area contributed by atoms with E-state index >= 15 is 0 Å². The average Bonchev–Trinajstić information content (AvgIpc) is 2.52. The maximum atomic E-state index is 12.7. The van der Waals surface area contributed by atoms with Gasteiger partial charge in [0.25, 0.3) is 5.78 Å². The summed E-state index contributed by atoms with van der Waals surface area (Å²) in [6.45, 7) is 13.4. The highest BCUT2D eigenvalue weighted by Gasteiger charge is 2.50. The van der Waals surface area contributed by atoms with Gasteiger partial charge in [-0.1, -0.05) is 36.7 Å². The summed E-state index contributed by atoms with van der Waals surface area (Å²) in [6, 6.07) is 5.27. The normalized spacial score (nSPS) is 20.4. The molecule has 1 atom stereocenters. The standard InChI is InChI=1S/C19H27BrN2O3Si/c1-18(2,3)26(5,6)24-11-7-10-19(4)17(22-21)16(23)14-12-13(20)8-9-15(14)25-19/h8-9,12H,7,10-11H2,1-6H3. The third-order valence-electron chi connectivity index (χ3n) is 5.40. The molecule has 0 aromatic heterocycles. The van der Waals surface area contributed by atoms with Crippen LogP contribution < -0.4 is 4.74 Å². The molecule has 0 spiro atoms. The Morgan fingerprint density at radius 1 is 1.35 bits per heavy atom. The minimum Gasteiger partial charge on any atom is -0.474 e. The van der Waals surface area contributed by atoms with Gasteiger partial charge in [-0.3, -0.25) is 4.79 Å². The lowest BCUT2D eigenvalue weighted by Gasteiger charge is -2.36. The minimum atomic E-state index is -1.81. The van der Waals surface area contributed by atoms with Crippen LogP contribution in [0.3, 0.4) is 0 Å². The molecule has 0 N–H and O–H groups in total. The first-order valence-electron chi connectivity index (χ1n) is 8.81. The average molecular weight is 439 g/mol. The van der Waals surface area contributed by atoms with Crippen LogP contribution >= 0.6 is 15.9 Å². The summed E-state index contributed by atoms with van der Waals surface area (Å²) in [5, 5.41) is 0.151. The zero-order valence-corrected chi connectivity index (χ0v) is 18.9. The SMILES string of the molecule is CC1(CCCO[Si](C)(C)C(C)(C)C)Oc2ccc(Br)cc2C(=O)C1=[N+]=[N-]. The number of Topliss-reactive ketones (excluding diaryl/α,β-unsaturated/α-hetero) is 1. The van der Waals surface area contributed by atoms with E-state index in [0.29, 0.717) is 30.8 Å². The molecule has 5 nitrogen and oxygen atoms in total. The molecule has 142 valence electrons. The van der Waals surface area contributed by atoms with Crippen LogP contribution in [0.1, 0.15) is 50.9 Å². The van der Waals surface area contributed by atoms with Gasteiger partial charge in [0.15, 0.2) is 8.32 Å². The molecular formula is C19H27BrN2O3Si. The van der Waals surface area contributed by atoms with Gasteiger partial charge in [0, 0.05) is 17.5 Å². The monoisotopic (exact) mass is 438 g/mol. The highest BCUT2D eigenvalue weighted by Crippen LogP contribution is 2.38. The van der Waals surface area contributed by atoms with Gasteiger partial charge in [-0.2, -0.15) is 4.79 Å². The number of nitrogens with zero attached hydrogens (tertiary/aromatic N) is 2. The molecule has 1 unspecified atom stereocenters. The van der Waals surface area contributed by atoms with E-state index in [0.717, 1.165) is 4.47 Å². The highest BCUT2D eigenvalue weighted by atomic mass is 79.9. The molecule has 1 heterocycles.